The van der Waals surface area contributed by atoms with Gasteiger partial charge in [-0.3, -0.25) is 4.68 Å². The van der Waals surface area contributed by atoms with Crippen LogP contribution in [0.25, 0.3) is 0 Å². The first kappa shape index (κ1) is 12.0. The van der Waals surface area contributed by atoms with E-state index in [-0.39, 0.29) is 18.7 Å². The zero-order chi connectivity index (χ0) is 11.5. The Hall–Kier alpha value is -1.08. The van der Waals surface area contributed by atoms with E-state index in [4.69, 9.17) is 5.11 Å². The van der Waals surface area contributed by atoms with Crippen LogP contribution in [0.15, 0.2) is 12.3 Å². The van der Waals surface area contributed by atoms with Crippen LogP contribution in [0.2, 0.25) is 0 Å². The monoisotopic (exact) mass is 224 g/mol. The Morgan fingerprint density at radius 1 is 1.47 bits per heavy atom. The molecule has 0 spiro atoms. The summed E-state index contributed by atoms with van der Waals surface area (Å²) in [4.78, 5) is 0. The van der Waals surface area contributed by atoms with Crippen LogP contribution in [-0.4, -0.2) is 32.8 Å². The fourth-order valence-corrected chi connectivity index (χ4v) is 1.10. The van der Waals surface area contributed by atoms with Crippen LogP contribution in [0, 0.1) is 0 Å². The van der Waals surface area contributed by atoms with Gasteiger partial charge in [-0.2, -0.15) is 18.3 Å². The molecule has 1 unspecified atom stereocenters. The van der Waals surface area contributed by atoms with Gasteiger partial charge in [0.1, 0.15) is 6.54 Å². The van der Waals surface area contributed by atoms with Crippen molar-refractivity contribution in [3.8, 4) is 0 Å². The van der Waals surface area contributed by atoms with Crippen molar-refractivity contribution < 1.29 is 23.4 Å². The Labute approximate surface area is 83.9 Å². The number of aromatic nitrogens is 2. The topological polar surface area (TPSA) is 58.3 Å². The van der Waals surface area contributed by atoms with Gasteiger partial charge in [-0.15, -0.1) is 0 Å². The lowest BCUT2D eigenvalue weighted by molar-refractivity contribution is -0.142. The van der Waals surface area contributed by atoms with Crippen LogP contribution in [0.5, 0.6) is 0 Å². The smallest absolute Gasteiger partial charge is 0.396 e. The molecule has 15 heavy (non-hydrogen) atoms. The van der Waals surface area contributed by atoms with Gasteiger partial charge in [0.2, 0.25) is 0 Å². The number of rotatable bonds is 4. The standard InChI is InChI=1S/C8H11F3N2O2/c9-8(10,11)5-13-3-1-6(12-13)7(15)2-4-14/h1,3,7,14-15H,2,4-5H2. The van der Waals surface area contributed by atoms with E-state index in [2.05, 4.69) is 5.10 Å². The maximum absolute atomic E-state index is 11.9. The lowest BCUT2D eigenvalue weighted by atomic mass is 10.2. The van der Waals surface area contributed by atoms with E-state index in [9.17, 15) is 18.3 Å². The summed E-state index contributed by atoms with van der Waals surface area (Å²) in [6.07, 6.45) is -4.15. The molecule has 0 aromatic carbocycles. The van der Waals surface area contributed by atoms with Crippen molar-refractivity contribution in [1.29, 1.82) is 0 Å². The van der Waals surface area contributed by atoms with Crippen LogP contribution in [0.4, 0.5) is 13.2 Å². The average molecular weight is 224 g/mol. The van der Waals surface area contributed by atoms with Crippen molar-refractivity contribution in [3.05, 3.63) is 18.0 Å². The van der Waals surface area contributed by atoms with Gasteiger partial charge in [-0.05, 0) is 6.07 Å². The Bertz CT molecular complexity index is 311. The van der Waals surface area contributed by atoms with Crippen molar-refractivity contribution >= 4 is 0 Å². The molecule has 1 heterocycles. The molecule has 1 rings (SSSR count). The molecule has 1 atom stereocenters. The fraction of sp³-hybridized carbons (Fsp3) is 0.625. The van der Waals surface area contributed by atoms with Gasteiger partial charge in [0.25, 0.3) is 0 Å². The second kappa shape index (κ2) is 4.63. The molecular weight excluding hydrogens is 213 g/mol. The Kier molecular flexibility index (Phi) is 3.70. The second-order valence-corrected chi connectivity index (χ2v) is 3.08. The molecular formula is C8H11F3N2O2. The van der Waals surface area contributed by atoms with Gasteiger partial charge in [-0.1, -0.05) is 0 Å². The predicted octanol–water partition coefficient (Wildman–Crippen LogP) is 0.861. The lowest BCUT2D eigenvalue weighted by Gasteiger charge is -2.07. The van der Waals surface area contributed by atoms with Crippen LogP contribution in [0.3, 0.4) is 0 Å². The minimum Gasteiger partial charge on any atom is -0.396 e. The summed E-state index contributed by atoms with van der Waals surface area (Å²) < 4.78 is 36.5. The predicted molar refractivity (Wildman–Crippen MR) is 44.9 cm³/mol. The second-order valence-electron chi connectivity index (χ2n) is 3.08. The zero-order valence-electron chi connectivity index (χ0n) is 7.78. The number of aliphatic hydroxyl groups is 2. The van der Waals surface area contributed by atoms with Crippen molar-refractivity contribution in [2.75, 3.05) is 6.61 Å². The van der Waals surface area contributed by atoms with E-state index in [1.165, 1.54) is 6.07 Å². The molecule has 0 saturated carbocycles. The Morgan fingerprint density at radius 3 is 2.67 bits per heavy atom. The first-order valence-electron chi connectivity index (χ1n) is 4.31. The number of hydrogen-bond donors (Lipinski definition) is 2. The number of nitrogens with zero attached hydrogens (tertiary/aromatic N) is 2. The first-order chi connectivity index (χ1) is 6.92. The summed E-state index contributed by atoms with van der Waals surface area (Å²) in [6.45, 7) is -1.42. The van der Waals surface area contributed by atoms with E-state index in [0.717, 1.165) is 6.20 Å². The first-order valence-corrected chi connectivity index (χ1v) is 4.31. The molecule has 0 aliphatic rings. The highest BCUT2D eigenvalue weighted by Crippen LogP contribution is 2.19. The summed E-state index contributed by atoms with van der Waals surface area (Å²) >= 11 is 0. The number of alkyl halides is 3. The maximum Gasteiger partial charge on any atom is 0.408 e. The zero-order valence-corrected chi connectivity index (χ0v) is 7.78. The average Bonchev–Trinajstić information content (AvgIpc) is 2.50. The summed E-state index contributed by atoms with van der Waals surface area (Å²) in [5.74, 6) is 0. The minimum absolute atomic E-state index is 0.0586. The lowest BCUT2D eigenvalue weighted by Crippen LogP contribution is -2.18. The van der Waals surface area contributed by atoms with E-state index < -0.39 is 18.8 Å². The molecule has 7 heteroatoms. The number of hydrogen-bond acceptors (Lipinski definition) is 3. The fourth-order valence-electron chi connectivity index (χ4n) is 1.10. The van der Waals surface area contributed by atoms with Crippen molar-refractivity contribution in [2.24, 2.45) is 0 Å². The summed E-state index contributed by atoms with van der Waals surface area (Å²) in [5, 5.41) is 21.4. The molecule has 4 nitrogen and oxygen atoms in total. The molecule has 0 aliphatic heterocycles. The van der Waals surface area contributed by atoms with Crippen molar-refractivity contribution in [3.63, 3.8) is 0 Å². The number of halogens is 3. The molecule has 0 bridgehead atoms. The maximum atomic E-state index is 11.9. The molecule has 2 N–H and O–H groups in total. The minimum atomic E-state index is -4.33. The third-order valence-electron chi connectivity index (χ3n) is 1.75. The normalized spacial score (nSPS) is 14.2. The van der Waals surface area contributed by atoms with Crippen molar-refractivity contribution in [1.82, 2.24) is 9.78 Å². The molecule has 0 fully saturated rings. The van der Waals surface area contributed by atoms with Gasteiger partial charge < -0.3 is 10.2 Å². The molecule has 0 radical (unpaired) electrons. The van der Waals surface area contributed by atoms with E-state index in [1.807, 2.05) is 0 Å². The van der Waals surface area contributed by atoms with Gasteiger partial charge in [0, 0.05) is 19.2 Å². The third kappa shape index (κ3) is 3.88. The molecule has 0 saturated heterocycles. The molecule has 1 aromatic heterocycles. The largest absolute Gasteiger partial charge is 0.408 e. The van der Waals surface area contributed by atoms with E-state index >= 15 is 0 Å². The van der Waals surface area contributed by atoms with Crippen LogP contribution in [0.1, 0.15) is 18.2 Å². The number of aliphatic hydroxyl groups excluding tert-OH is 2. The highest BCUT2D eigenvalue weighted by atomic mass is 19.4. The summed E-state index contributed by atoms with van der Waals surface area (Å²) in [6, 6.07) is 1.30. The third-order valence-corrected chi connectivity index (χ3v) is 1.75. The van der Waals surface area contributed by atoms with Gasteiger partial charge in [0.15, 0.2) is 0 Å². The molecule has 1 aromatic rings. The molecule has 0 aliphatic carbocycles. The van der Waals surface area contributed by atoms with Gasteiger partial charge in [-0.25, -0.2) is 0 Å². The van der Waals surface area contributed by atoms with Gasteiger partial charge >= 0.3 is 6.18 Å². The van der Waals surface area contributed by atoms with Crippen LogP contribution in [-0.2, 0) is 6.54 Å². The van der Waals surface area contributed by atoms with E-state index in [1.54, 1.807) is 0 Å². The summed E-state index contributed by atoms with van der Waals surface area (Å²) in [5.41, 5.74) is 0.133. The quantitative estimate of drug-likeness (QED) is 0.797. The Morgan fingerprint density at radius 2 is 2.13 bits per heavy atom. The summed E-state index contributed by atoms with van der Waals surface area (Å²) in [7, 11) is 0. The van der Waals surface area contributed by atoms with Crippen LogP contribution >= 0.6 is 0 Å². The van der Waals surface area contributed by atoms with Crippen LogP contribution < -0.4 is 0 Å². The molecule has 0 amide bonds. The SMILES string of the molecule is OCCC(O)c1ccn(CC(F)(F)F)n1. The van der Waals surface area contributed by atoms with E-state index in [0.29, 0.717) is 4.68 Å². The Balaban J connectivity index is 2.64. The molecule has 86 valence electrons. The highest BCUT2D eigenvalue weighted by Gasteiger charge is 2.28. The van der Waals surface area contributed by atoms with Crippen molar-refractivity contribution in [2.45, 2.75) is 25.2 Å². The van der Waals surface area contributed by atoms with Gasteiger partial charge in [0.05, 0.1) is 11.8 Å². The highest BCUT2D eigenvalue weighted by molar-refractivity contribution is 5.02.